The second-order valence-electron chi connectivity index (χ2n) is 10.8. The third-order valence-electron chi connectivity index (χ3n) is 8.15. The topological polar surface area (TPSA) is 96.2 Å². The summed E-state index contributed by atoms with van der Waals surface area (Å²) >= 11 is 0. The van der Waals surface area contributed by atoms with Crippen molar-refractivity contribution in [2.45, 2.75) is 65.3 Å². The van der Waals surface area contributed by atoms with Crippen LogP contribution >= 0.6 is 0 Å². The first-order valence-electron chi connectivity index (χ1n) is 13.3. The van der Waals surface area contributed by atoms with Gasteiger partial charge in [-0.15, -0.1) is 0 Å². The van der Waals surface area contributed by atoms with Gasteiger partial charge in [-0.1, -0.05) is 44.2 Å². The summed E-state index contributed by atoms with van der Waals surface area (Å²) in [5, 5.41) is 0.638. The summed E-state index contributed by atoms with van der Waals surface area (Å²) in [5.74, 6) is 6.68. The Morgan fingerprint density at radius 2 is 1.68 bits per heavy atom. The van der Waals surface area contributed by atoms with Gasteiger partial charge < -0.3 is 9.64 Å². The standard InChI is InChI=1S/C29H36N4O4/c1-19(2)22-12-14-31(15-13-22)16-20-6-8-21(9-7-20)18-37-26-5-3-4-23-24(26)17-32(28(23)35)25-10-11-27(34)33(30)29(25)36/h3-9,19,22,25H,10-18,30H2,1-2H3. The summed E-state index contributed by atoms with van der Waals surface area (Å²) in [6.45, 7) is 8.60. The fourth-order valence-electron chi connectivity index (χ4n) is 5.73. The van der Waals surface area contributed by atoms with Gasteiger partial charge in [-0.05, 0) is 67.4 Å². The minimum atomic E-state index is -0.737. The predicted molar refractivity (Wildman–Crippen MR) is 139 cm³/mol. The number of fused-ring (bicyclic) bond motifs is 1. The third-order valence-corrected chi connectivity index (χ3v) is 8.15. The summed E-state index contributed by atoms with van der Waals surface area (Å²) in [6.07, 6.45) is 2.98. The molecule has 0 aromatic heterocycles. The van der Waals surface area contributed by atoms with Crippen molar-refractivity contribution in [2.24, 2.45) is 17.7 Å². The number of nitrogens with zero attached hydrogens (tertiary/aromatic N) is 3. The molecule has 5 rings (SSSR count). The van der Waals surface area contributed by atoms with Crippen LogP contribution in [-0.4, -0.2) is 51.7 Å². The minimum Gasteiger partial charge on any atom is -0.489 e. The molecule has 1 unspecified atom stereocenters. The molecule has 2 saturated heterocycles. The number of imide groups is 1. The number of likely N-dealkylation sites (tertiary alicyclic amines) is 1. The van der Waals surface area contributed by atoms with Crippen LogP contribution in [0, 0.1) is 11.8 Å². The van der Waals surface area contributed by atoms with Crippen molar-refractivity contribution in [3.05, 3.63) is 64.7 Å². The van der Waals surface area contributed by atoms with Gasteiger partial charge in [0.25, 0.3) is 11.8 Å². The second kappa shape index (κ2) is 10.6. The molecule has 0 aliphatic carbocycles. The van der Waals surface area contributed by atoms with E-state index in [1.807, 2.05) is 6.07 Å². The first-order chi connectivity index (χ1) is 17.8. The van der Waals surface area contributed by atoms with Crippen LogP contribution < -0.4 is 10.6 Å². The van der Waals surface area contributed by atoms with E-state index in [9.17, 15) is 14.4 Å². The molecule has 2 N–H and O–H groups in total. The normalized spacial score (nSPS) is 21.2. The SMILES string of the molecule is CC(C)C1CCN(Cc2ccc(COc3cccc4c3CN(C3CCC(=O)N(N)C3=O)C4=O)cc2)CC1. The van der Waals surface area contributed by atoms with E-state index < -0.39 is 17.9 Å². The first kappa shape index (κ1) is 25.4. The van der Waals surface area contributed by atoms with Gasteiger partial charge >= 0.3 is 0 Å². The van der Waals surface area contributed by atoms with Crippen molar-refractivity contribution < 1.29 is 19.1 Å². The van der Waals surface area contributed by atoms with Gasteiger partial charge in [0.2, 0.25) is 5.91 Å². The number of benzene rings is 2. The Kier molecular flexibility index (Phi) is 7.31. The molecule has 1 atom stereocenters. The molecule has 2 aromatic carbocycles. The number of carbonyl (C=O) groups is 3. The molecule has 3 amide bonds. The number of rotatable bonds is 7. The average Bonchev–Trinajstić information content (AvgIpc) is 3.24. The highest BCUT2D eigenvalue weighted by atomic mass is 16.5. The Hall–Kier alpha value is -3.23. The van der Waals surface area contributed by atoms with Gasteiger partial charge in [0.05, 0.1) is 6.54 Å². The fourth-order valence-corrected chi connectivity index (χ4v) is 5.73. The highest BCUT2D eigenvalue weighted by Gasteiger charge is 2.42. The van der Waals surface area contributed by atoms with Gasteiger partial charge in [-0.2, -0.15) is 0 Å². The zero-order chi connectivity index (χ0) is 26.1. The molecule has 2 aromatic rings. The predicted octanol–water partition coefficient (Wildman–Crippen LogP) is 3.48. The lowest BCUT2D eigenvalue weighted by Crippen LogP contribution is -2.57. The highest BCUT2D eigenvalue weighted by Crippen LogP contribution is 2.34. The van der Waals surface area contributed by atoms with E-state index in [0.717, 1.165) is 42.6 Å². The van der Waals surface area contributed by atoms with Crippen LogP contribution in [0.2, 0.25) is 0 Å². The number of amides is 3. The van der Waals surface area contributed by atoms with Gasteiger partial charge in [-0.25, -0.2) is 10.9 Å². The Bertz CT molecular complexity index is 1170. The number of nitrogens with two attached hydrogens (primary N) is 1. The number of ether oxygens (including phenoxy) is 1. The molecule has 37 heavy (non-hydrogen) atoms. The molecular formula is C29H36N4O4. The summed E-state index contributed by atoms with van der Waals surface area (Å²) in [5.41, 5.74) is 3.66. The molecule has 3 aliphatic heterocycles. The number of hydrazine groups is 1. The molecule has 0 radical (unpaired) electrons. The van der Waals surface area contributed by atoms with Gasteiger partial charge in [0, 0.05) is 24.1 Å². The lowest BCUT2D eigenvalue weighted by molar-refractivity contribution is -0.152. The summed E-state index contributed by atoms with van der Waals surface area (Å²) in [4.78, 5) is 41.4. The molecule has 2 fully saturated rings. The number of carbonyl (C=O) groups excluding carboxylic acids is 3. The lowest BCUT2D eigenvalue weighted by Gasteiger charge is -2.33. The van der Waals surface area contributed by atoms with Gasteiger partial charge in [-0.3, -0.25) is 19.3 Å². The van der Waals surface area contributed by atoms with Crippen LogP contribution in [0.1, 0.15) is 66.6 Å². The maximum atomic E-state index is 13.1. The van der Waals surface area contributed by atoms with Crippen molar-refractivity contribution in [2.75, 3.05) is 13.1 Å². The van der Waals surface area contributed by atoms with Gasteiger partial charge in [0.15, 0.2) is 0 Å². The first-order valence-corrected chi connectivity index (χ1v) is 13.3. The molecule has 3 aliphatic rings. The van der Waals surface area contributed by atoms with Crippen LogP contribution in [0.15, 0.2) is 42.5 Å². The van der Waals surface area contributed by atoms with E-state index in [2.05, 4.69) is 43.0 Å². The molecular weight excluding hydrogens is 468 g/mol. The van der Waals surface area contributed by atoms with E-state index in [-0.39, 0.29) is 25.3 Å². The second-order valence-corrected chi connectivity index (χ2v) is 10.8. The Balaban J connectivity index is 1.19. The number of piperidine rings is 2. The third kappa shape index (κ3) is 5.26. The zero-order valence-electron chi connectivity index (χ0n) is 21.7. The Morgan fingerprint density at radius 3 is 2.38 bits per heavy atom. The fraction of sp³-hybridized carbons (Fsp3) is 0.483. The Morgan fingerprint density at radius 1 is 0.973 bits per heavy atom. The lowest BCUT2D eigenvalue weighted by atomic mass is 9.86. The van der Waals surface area contributed by atoms with Crippen LogP contribution in [0.3, 0.4) is 0 Å². The maximum Gasteiger partial charge on any atom is 0.266 e. The van der Waals surface area contributed by atoms with Crippen LogP contribution in [0.25, 0.3) is 0 Å². The van der Waals surface area contributed by atoms with E-state index in [1.165, 1.54) is 23.3 Å². The van der Waals surface area contributed by atoms with Gasteiger partial charge in [0.1, 0.15) is 18.4 Å². The van der Waals surface area contributed by atoms with E-state index in [4.69, 9.17) is 10.6 Å². The minimum absolute atomic E-state index is 0.141. The molecule has 0 saturated carbocycles. The van der Waals surface area contributed by atoms with E-state index in [0.29, 0.717) is 22.9 Å². The molecule has 196 valence electrons. The quantitative estimate of drug-likeness (QED) is 0.352. The molecule has 8 heteroatoms. The molecule has 3 heterocycles. The monoisotopic (exact) mass is 504 g/mol. The smallest absolute Gasteiger partial charge is 0.266 e. The number of hydrogen-bond donors (Lipinski definition) is 1. The summed E-state index contributed by atoms with van der Waals surface area (Å²) in [6, 6.07) is 13.2. The molecule has 8 nitrogen and oxygen atoms in total. The van der Waals surface area contributed by atoms with Crippen LogP contribution in [-0.2, 0) is 29.3 Å². The van der Waals surface area contributed by atoms with Crippen molar-refractivity contribution in [3.63, 3.8) is 0 Å². The van der Waals surface area contributed by atoms with Crippen molar-refractivity contribution in [3.8, 4) is 5.75 Å². The van der Waals surface area contributed by atoms with Crippen molar-refractivity contribution >= 4 is 17.7 Å². The average molecular weight is 505 g/mol. The largest absolute Gasteiger partial charge is 0.489 e. The molecule has 0 bridgehead atoms. The maximum absolute atomic E-state index is 13.1. The number of hydrogen-bond acceptors (Lipinski definition) is 6. The van der Waals surface area contributed by atoms with E-state index in [1.54, 1.807) is 12.1 Å². The van der Waals surface area contributed by atoms with Crippen LogP contribution in [0.4, 0.5) is 0 Å². The highest BCUT2D eigenvalue weighted by molar-refractivity contribution is 6.05. The Labute approximate surface area is 218 Å². The van der Waals surface area contributed by atoms with Crippen molar-refractivity contribution in [1.29, 1.82) is 0 Å². The summed E-state index contributed by atoms with van der Waals surface area (Å²) in [7, 11) is 0. The summed E-state index contributed by atoms with van der Waals surface area (Å²) < 4.78 is 6.14. The van der Waals surface area contributed by atoms with E-state index >= 15 is 0 Å². The molecule has 0 spiro atoms. The van der Waals surface area contributed by atoms with Crippen molar-refractivity contribution in [1.82, 2.24) is 14.8 Å². The zero-order valence-corrected chi connectivity index (χ0v) is 21.7. The van der Waals surface area contributed by atoms with Crippen LogP contribution in [0.5, 0.6) is 5.75 Å².